The second-order valence-corrected chi connectivity index (χ2v) is 7.72. The zero-order chi connectivity index (χ0) is 21.6. The zero-order valence-electron chi connectivity index (χ0n) is 17.6. The van der Waals surface area contributed by atoms with Crippen molar-refractivity contribution in [1.82, 2.24) is 0 Å². The van der Waals surface area contributed by atoms with Crippen molar-refractivity contribution in [2.24, 2.45) is 0 Å². The van der Waals surface area contributed by atoms with Crippen LogP contribution in [0.15, 0.2) is 48.5 Å². The van der Waals surface area contributed by atoms with E-state index in [1.165, 1.54) is 11.8 Å². The predicted molar refractivity (Wildman–Crippen MR) is 114 cm³/mol. The second-order valence-electron chi connectivity index (χ2n) is 7.72. The van der Waals surface area contributed by atoms with Gasteiger partial charge in [0.05, 0.1) is 17.9 Å². The molecule has 154 valence electrons. The number of hydrogen-bond donors (Lipinski definition) is 1. The van der Waals surface area contributed by atoms with Crippen molar-refractivity contribution in [1.29, 1.82) is 0 Å². The normalized spacial score (nSPS) is 10.9. The van der Waals surface area contributed by atoms with E-state index in [0.717, 1.165) is 5.56 Å². The van der Waals surface area contributed by atoms with Crippen LogP contribution in [0, 0.1) is 0 Å². The smallest absolute Gasteiger partial charge is 0.340 e. The summed E-state index contributed by atoms with van der Waals surface area (Å²) in [6.07, 6.45) is 0. The van der Waals surface area contributed by atoms with Crippen molar-refractivity contribution < 1.29 is 19.1 Å². The van der Waals surface area contributed by atoms with Crippen LogP contribution >= 0.6 is 0 Å². The van der Waals surface area contributed by atoms with E-state index >= 15 is 0 Å². The predicted octanol–water partition coefficient (Wildman–Crippen LogP) is 4.15. The van der Waals surface area contributed by atoms with Gasteiger partial charge in [0, 0.05) is 12.6 Å². The van der Waals surface area contributed by atoms with Crippen LogP contribution in [0.4, 0.5) is 11.4 Å². The third-order valence-electron chi connectivity index (χ3n) is 4.41. The number of carbonyl (C=O) groups is 3. The highest BCUT2D eigenvalue weighted by atomic mass is 16.5. The van der Waals surface area contributed by atoms with Crippen LogP contribution in [0.25, 0.3) is 0 Å². The molecule has 29 heavy (non-hydrogen) atoms. The molecule has 1 N–H and O–H groups in total. The van der Waals surface area contributed by atoms with Crippen LogP contribution in [-0.4, -0.2) is 30.9 Å². The molecule has 2 aromatic rings. The van der Waals surface area contributed by atoms with Gasteiger partial charge in [0.2, 0.25) is 11.8 Å². The fourth-order valence-corrected chi connectivity index (χ4v) is 2.85. The molecule has 0 aliphatic carbocycles. The van der Waals surface area contributed by atoms with Gasteiger partial charge in [0.15, 0.2) is 0 Å². The molecule has 6 heteroatoms. The topological polar surface area (TPSA) is 75.7 Å². The lowest BCUT2D eigenvalue weighted by Crippen LogP contribution is -2.37. The number of ether oxygens (including phenoxy) is 1. The maximum atomic E-state index is 12.6. The van der Waals surface area contributed by atoms with Gasteiger partial charge in [0.25, 0.3) is 0 Å². The standard InChI is InChI=1S/C23H28N2O4/c1-6-29-22(28)19-9-7-8-10-20(19)25(16(2)26)15-21(27)24-18-13-11-17(12-14-18)23(3,4)5/h7-14H,6,15H2,1-5H3,(H,24,27). The van der Waals surface area contributed by atoms with Crippen molar-refractivity contribution in [3.8, 4) is 0 Å². The lowest BCUT2D eigenvalue weighted by Gasteiger charge is -2.23. The number of anilines is 2. The molecule has 6 nitrogen and oxygen atoms in total. The van der Waals surface area contributed by atoms with Crippen LogP contribution in [0.1, 0.15) is 50.5 Å². The molecule has 0 atom stereocenters. The summed E-state index contributed by atoms with van der Waals surface area (Å²) in [5, 5.41) is 2.80. The lowest BCUT2D eigenvalue weighted by molar-refractivity contribution is -0.120. The number of benzene rings is 2. The molecule has 0 heterocycles. The average Bonchev–Trinajstić information content (AvgIpc) is 2.66. The van der Waals surface area contributed by atoms with Gasteiger partial charge in [-0.3, -0.25) is 9.59 Å². The summed E-state index contributed by atoms with van der Waals surface area (Å²) in [6, 6.07) is 14.2. The Bertz CT molecular complexity index is 882. The lowest BCUT2D eigenvalue weighted by atomic mass is 9.87. The fourth-order valence-electron chi connectivity index (χ4n) is 2.85. The van der Waals surface area contributed by atoms with Crippen LogP contribution in [-0.2, 0) is 19.7 Å². The van der Waals surface area contributed by atoms with Gasteiger partial charge in [-0.1, -0.05) is 45.0 Å². The molecule has 2 aromatic carbocycles. The second kappa shape index (κ2) is 9.37. The quantitative estimate of drug-likeness (QED) is 0.744. The van der Waals surface area contributed by atoms with Gasteiger partial charge in [-0.05, 0) is 42.2 Å². The Hall–Kier alpha value is -3.15. The van der Waals surface area contributed by atoms with E-state index in [2.05, 4.69) is 26.1 Å². The third kappa shape index (κ3) is 5.91. The molecule has 0 saturated heterocycles. The van der Waals surface area contributed by atoms with E-state index < -0.39 is 5.97 Å². The summed E-state index contributed by atoms with van der Waals surface area (Å²) in [7, 11) is 0. The summed E-state index contributed by atoms with van der Waals surface area (Å²) in [5.41, 5.74) is 2.41. The number of para-hydroxylation sites is 1. The van der Waals surface area contributed by atoms with E-state index in [1.807, 2.05) is 24.3 Å². The molecule has 0 radical (unpaired) electrons. The molecule has 0 unspecified atom stereocenters. The molecule has 0 aromatic heterocycles. The minimum atomic E-state index is -0.535. The summed E-state index contributed by atoms with van der Waals surface area (Å²) in [4.78, 5) is 38.3. The zero-order valence-corrected chi connectivity index (χ0v) is 17.6. The molecule has 0 aliphatic heterocycles. The molecule has 0 aliphatic rings. The van der Waals surface area contributed by atoms with Crippen LogP contribution in [0.5, 0.6) is 0 Å². The number of esters is 1. The summed E-state index contributed by atoms with van der Waals surface area (Å²) in [6.45, 7) is 9.42. The Morgan fingerprint density at radius 1 is 1.00 bits per heavy atom. The first-order valence-corrected chi connectivity index (χ1v) is 9.58. The maximum Gasteiger partial charge on any atom is 0.340 e. The van der Waals surface area contributed by atoms with Gasteiger partial charge >= 0.3 is 5.97 Å². The summed E-state index contributed by atoms with van der Waals surface area (Å²) in [5.74, 6) is -1.24. The minimum Gasteiger partial charge on any atom is -0.462 e. The molecular formula is C23H28N2O4. The van der Waals surface area contributed by atoms with Crippen molar-refractivity contribution in [3.05, 3.63) is 59.7 Å². The van der Waals surface area contributed by atoms with Gasteiger partial charge in [-0.25, -0.2) is 4.79 Å². The molecule has 0 spiro atoms. The van der Waals surface area contributed by atoms with Crippen molar-refractivity contribution in [2.75, 3.05) is 23.4 Å². The first-order valence-electron chi connectivity index (χ1n) is 9.58. The first-order chi connectivity index (χ1) is 13.6. The SMILES string of the molecule is CCOC(=O)c1ccccc1N(CC(=O)Nc1ccc(C(C)(C)C)cc1)C(C)=O. The monoisotopic (exact) mass is 396 g/mol. The Morgan fingerprint density at radius 2 is 1.62 bits per heavy atom. The largest absolute Gasteiger partial charge is 0.462 e. The van der Waals surface area contributed by atoms with E-state index in [0.29, 0.717) is 11.4 Å². The molecule has 0 bridgehead atoms. The minimum absolute atomic E-state index is 0.0186. The molecule has 2 amide bonds. The Balaban J connectivity index is 2.18. The van der Waals surface area contributed by atoms with E-state index in [9.17, 15) is 14.4 Å². The molecule has 0 fully saturated rings. The first kappa shape index (κ1) is 22.1. The van der Waals surface area contributed by atoms with Crippen molar-refractivity contribution in [2.45, 2.75) is 40.0 Å². The summed E-state index contributed by atoms with van der Waals surface area (Å²) < 4.78 is 5.06. The average molecular weight is 396 g/mol. The van der Waals surface area contributed by atoms with Crippen LogP contribution in [0.2, 0.25) is 0 Å². The van der Waals surface area contributed by atoms with Gasteiger partial charge in [-0.2, -0.15) is 0 Å². The number of rotatable bonds is 6. The highest BCUT2D eigenvalue weighted by Gasteiger charge is 2.22. The Kier molecular flexibility index (Phi) is 7.15. The summed E-state index contributed by atoms with van der Waals surface area (Å²) >= 11 is 0. The van der Waals surface area contributed by atoms with Gasteiger partial charge < -0.3 is 15.0 Å². The Morgan fingerprint density at radius 3 is 2.17 bits per heavy atom. The number of amides is 2. The molecule has 2 rings (SSSR count). The van der Waals surface area contributed by atoms with Crippen LogP contribution in [0.3, 0.4) is 0 Å². The highest BCUT2D eigenvalue weighted by molar-refractivity contribution is 6.06. The highest BCUT2D eigenvalue weighted by Crippen LogP contribution is 2.24. The van der Waals surface area contributed by atoms with Crippen LogP contribution < -0.4 is 10.2 Å². The maximum absolute atomic E-state index is 12.6. The van der Waals surface area contributed by atoms with E-state index in [-0.39, 0.29) is 35.9 Å². The van der Waals surface area contributed by atoms with Gasteiger partial charge in [0.1, 0.15) is 6.54 Å². The van der Waals surface area contributed by atoms with Crippen molar-refractivity contribution >= 4 is 29.2 Å². The molecule has 0 saturated carbocycles. The number of hydrogen-bond acceptors (Lipinski definition) is 4. The van der Waals surface area contributed by atoms with E-state index in [4.69, 9.17) is 4.74 Å². The fraction of sp³-hybridized carbons (Fsp3) is 0.348. The number of nitrogens with zero attached hydrogens (tertiary/aromatic N) is 1. The molecular weight excluding hydrogens is 368 g/mol. The number of nitrogens with one attached hydrogen (secondary N) is 1. The Labute approximate surface area is 171 Å². The van der Waals surface area contributed by atoms with Crippen molar-refractivity contribution in [3.63, 3.8) is 0 Å². The number of carbonyl (C=O) groups excluding carboxylic acids is 3. The van der Waals surface area contributed by atoms with E-state index in [1.54, 1.807) is 31.2 Å². The van der Waals surface area contributed by atoms with Gasteiger partial charge in [-0.15, -0.1) is 0 Å². The third-order valence-corrected chi connectivity index (χ3v) is 4.41.